The predicted octanol–water partition coefficient (Wildman–Crippen LogP) is 3.57. The molecule has 1 aromatic heterocycles. The highest BCUT2D eigenvalue weighted by molar-refractivity contribution is 5.29. The largest absolute Gasteiger partial charge is 0.416 e. The fourth-order valence-corrected chi connectivity index (χ4v) is 1.87. The molecule has 114 valence electrons. The average Bonchev–Trinajstić information content (AvgIpc) is 2.42. The normalized spacial score (nSPS) is 13.4. The Morgan fingerprint density at radius 2 is 2.05 bits per heavy atom. The molecule has 1 atom stereocenters. The Kier molecular flexibility index (Phi) is 6.95. The Hall–Kier alpha value is -1.14. The number of alkyl halides is 3. The van der Waals surface area contributed by atoms with Gasteiger partial charge in [0.2, 0.25) is 0 Å². The highest BCUT2D eigenvalue weighted by atomic mass is 19.4. The number of pyridine rings is 1. The molecule has 0 saturated carbocycles. The van der Waals surface area contributed by atoms with Crippen molar-refractivity contribution < 1.29 is 17.9 Å². The first-order chi connectivity index (χ1) is 9.50. The number of nitrogens with zero attached hydrogens (tertiary/aromatic N) is 1. The third kappa shape index (κ3) is 5.09. The zero-order valence-corrected chi connectivity index (χ0v) is 11.8. The van der Waals surface area contributed by atoms with Crippen LogP contribution in [0.2, 0.25) is 0 Å². The molecule has 1 heterocycles. The van der Waals surface area contributed by atoms with Gasteiger partial charge < -0.3 is 10.1 Å². The van der Waals surface area contributed by atoms with Gasteiger partial charge in [0.25, 0.3) is 0 Å². The predicted molar refractivity (Wildman–Crippen MR) is 71.4 cm³/mol. The van der Waals surface area contributed by atoms with Crippen molar-refractivity contribution in [1.29, 1.82) is 0 Å². The molecule has 1 aromatic rings. The summed E-state index contributed by atoms with van der Waals surface area (Å²) in [6.07, 6.45) is -0.276. The number of aromatic nitrogens is 1. The molecule has 1 unspecified atom stereocenters. The third-order valence-electron chi connectivity index (χ3n) is 2.81. The van der Waals surface area contributed by atoms with Gasteiger partial charge in [-0.2, -0.15) is 13.2 Å². The first-order valence-corrected chi connectivity index (χ1v) is 6.82. The van der Waals surface area contributed by atoms with Gasteiger partial charge in [0.05, 0.1) is 18.2 Å². The lowest BCUT2D eigenvalue weighted by molar-refractivity contribution is -0.138. The van der Waals surface area contributed by atoms with E-state index in [1.165, 1.54) is 6.20 Å². The van der Waals surface area contributed by atoms with E-state index in [9.17, 15) is 13.2 Å². The van der Waals surface area contributed by atoms with E-state index >= 15 is 0 Å². The monoisotopic (exact) mass is 290 g/mol. The minimum Gasteiger partial charge on any atom is -0.379 e. The zero-order valence-electron chi connectivity index (χ0n) is 11.8. The van der Waals surface area contributed by atoms with Crippen LogP contribution in [0.5, 0.6) is 0 Å². The molecular formula is C14H21F3N2O. The lowest BCUT2D eigenvalue weighted by Crippen LogP contribution is -2.29. The van der Waals surface area contributed by atoms with Gasteiger partial charge in [-0.1, -0.05) is 13.8 Å². The maximum absolute atomic E-state index is 13.0. The fraction of sp³-hybridized carbons (Fsp3) is 0.643. The molecule has 1 rings (SSSR count). The van der Waals surface area contributed by atoms with E-state index in [-0.39, 0.29) is 12.2 Å². The summed E-state index contributed by atoms with van der Waals surface area (Å²) in [4.78, 5) is 3.82. The van der Waals surface area contributed by atoms with Crippen LogP contribution in [-0.4, -0.2) is 24.7 Å². The van der Waals surface area contributed by atoms with E-state index in [1.54, 1.807) is 0 Å². The first kappa shape index (κ1) is 16.9. The lowest BCUT2D eigenvalue weighted by Gasteiger charge is -2.22. The highest BCUT2D eigenvalue weighted by Crippen LogP contribution is 2.34. The summed E-state index contributed by atoms with van der Waals surface area (Å²) in [6, 6.07) is 0.516. The molecular weight excluding hydrogens is 269 g/mol. The van der Waals surface area contributed by atoms with Crippen LogP contribution < -0.4 is 5.32 Å². The minimum absolute atomic E-state index is 0.143. The molecule has 6 heteroatoms. The average molecular weight is 290 g/mol. The van der Waals surface area contributed by atoms with E-state index in [4.69, 9.17) is 4.74 Å². The summed E-state index contributed by atoms with van der Waals surface area (Å²) in [5, 5.41) is 3.09. The van der Waals surface area contributed by atoms with Crippen LogP contribution in [0.4, 0.5) is 13.2 Å². The van der Waals surface area contributed by atoms with Gasteiger partial charge >= 0.3 is 6.18 Å². The van der Waals surface area contributed by atoms with E-state index < -0.39 is 17.8 Å². The van der Waals surface area contributed by atoms with E-state index in [0.29, 0.717) is 13.2 Å². The molecule has 0 aliphatic carbocycles. The van der Waals surface area contributed by atoms with E-state index in [0.717, 1.165) is 25.1 Å². The Labute approximate surface area is 117 Å². The van der Waals surface area contributed by atoms with Gasteiger partial charge in [-0.05, 0) is 25.5 Å². The van der Waals surface area contributed by atoms with Crippen LogP contribution in [0, 0.1) is 0 Å². The number of hydrogen-bond acceptors (Lipinski definition) is 3. The zero-order chi connectivity index (χ0) is 15.0. The molecule has 0 amide bonds. The second-order valence-corrected chi connectivity index (χ2v) is 4.54. The maximum atomic E-state index is 13.0. The van der Waals surface area contributed by atoms with Crippen molar-refractivity contribution in [3.05, 3.63) is 29.6 Å². The van der Waals surface area contributed by atoms with Gasteiger partial charge in [0.1, 0.15) is 0 Å². The molecule has 1 N–H and O–H groups in total. The van der Waals surface area contributed by atoms with Gasteiger partial charge in [-0.25, -0.2) is 0 Å². The lowest BCUT2D eigenvalue weighted by atomic mass is 10.0. The van der Waals surface area contributed by atoms with Crippen molar-refractivity contribution in [2.24, 2.45) is 0 Å². The number of rotatable bonds is 8. The molecule has 0 spiro atoms. The topological polar surface area (TPSA) is 34.1 Å². The van der Waals surface area contributed by atoms with Crippen molar-refractivity contribution >= 4 is 0 Å². The van der Waals surface area contributed by atoms with Crippen LogP contribution in [0.15, 0.2) is 18.5 Å². The summed E-state index contributed by atoms with van der Waals surface area (Å²) >= 11 is 0. The molecule has 0 aliphatic heterocycles. The highest BCUT2D eigenvalue weighted by Gasteiger charge is 2.35. The molecule has 0 aromatic carbocycles. The Bertz CT molecular complexity index is 396. The van der Waals surface area contributed by atoms with Crippen LogP contribution in [0.25, 0.3) is 0 Å². The Morgan fingerprint density at radius 1 is 1.30 bits per heavy atom. The van der Waals surface area contributed by atoms with Crippen molar-refractivity contribution in [2.45, 2.75) is 38.9 Å². The summed E-state index contributed by atoms with van der Waals surface area (Å²) in [7, 11) is 0. The molecule has 0 bridgehead atoms. The van der Waals surface area contributed by atoms with Crippen molar-refractivity contribution in [2.75, 3.05) is 19.8 Å². The molecule has 0 saturated heterocycles. The number of hydrogen-bond donors (Lipinski definition) is 1. The second-order valence-electron chi connectivity index (χ2n) is 4.54. The Balaban J connectivity index is 2.94. The summed E-state index contributed by atoms with van der Waals surface area (Å²) in [5.41, 5.74) is -0.509. The van der Waals surface area contributed by atoms with Gasteiger partial charge in [-0.15, -0.1) is 0 Å². The second kappa shape index (κ2) is 8.21. The Morgan fingerprint density at radius 3 is 2.65 bits per heavy atom. The number of halogens is 3. The van der Waals surface area contributed by atoms with Crippen LogP contribution >= 0.6 is 0 Å². The number of nitrogens with one attached hydrogen (secondary N) is 1. The summed E-state index contributed by atoms with van der Waals surface area (Å²) in [6.45, 7) is 5.30. The van der Waals surface area contributed by atoms with Crippen molar-refractivity contribution in [3.8, 4) is 0 Å². The number of ether oxygens (including phenoxy) is 1. The van der Waals surface area contributed by atoms with E-state index in [1.807, 2.05) is 13.8 Å². The molecule has 3 nitrogen and oxygen atoms in total. The summed E-state index contributed by atoms with van der Waals surface area (Å²) in [5.74, 6) is 0. The summed E-state index contributed by atoms with van der Waals surface area (Å²) < 4.78 is 44.5. The molecule has 0 aliphatic rings. The molecule has 0 fully saturated rings. The van der Waals surface area contributed by atoms with Gasteiger partial charge in [0, 0.05) is 24.6 Å². The first-order valence-electron chi connectivity index (χ1n) is 6.82. The molecule has 0 radical (unpaired) electrons. The van der Waals surface area contributed by atoms with Gasteiger partial charge in [-0.3, -0.25) is 4.98 Å². The van der Waals surface area contributed by atoms with Crippen LogP contribution in [0.1, 0.15) is 43.9 Å². The SMILES string of the molecule is CCCNC(COCCC)c1cnccc1C(F)(F)F. The smallest absolute Gasteiger partial charge is 0.379 e. The van der Waals surface area contributed by atoms with Crippen molar-refractivity contribution in [3.63, 3.8) is 0 Å². The maximum Gasteiger partial charge on any atom is 0.416 e. The van der Waals surface area contributed by atoms with Crippen molar-refractivity contribution in [1.82, 2.24) is 10.3 Å². The minimum atomic E-state index is -4.38. The van der Waals surface area contributed by atoms with Gasteiger partial charge in [0.15, 0.2) is 0 Å². The quantitative estimate of drug-likeness (QED) is 0.743. The van der Waals surface area contributed by atoms with Crippen LogP contribution in [-0.2, 0) is 10.9 Å². The standard InChI is InChI=1S/C14H21F3N2O/c1-3-6-19-13(10-20-8-4-2)11-9-18-7-5-12(11)14(15,16)17/h5,7,9,13,19H,3-4,6,8,10H2,1-2H3. The molecule has 20 heavy (non-hydrogen) atoms. The van der Waals surface area contributed by atoms with E-state index in [2.05, 4.69) is 10.3 Å². The van der Waals surface area contributed by atoms with Crippen LogP contribution in [0.3, 0.4) is 0 Å². The fourth-order valence-electron chi connectivity index (χ4n) is 1.87. The third-order valence-corrected chi connectivity index (χ3v) is 2.81.